The van der Waals surface area contributed by atoms with Crippen molar-refractivity contribution in [1.82, 2.24) is 5.32 Å². The van der Waals surface area contributed by atoms with Crippen LogP contribution in [0.4, 0.5) is 24.5 Å². The van der Waals surface area contributed by atoms with Crippen LogP contribution in [0.2, 0.25) is 0 Å². The summed E-state index contributed by atoms with van der Waals surface area (Å²) in [5, 5.41) is 15.8. The summed E-state index contributed by atoms with van der Waals surface area (Å²) in [6.07, 6.45) is -4.45. The maximum Gasteiger partial charge on any atom is 0.416 e. The van der Waals surface area contributed by atoms with Crippen LogP contribution in [0, 0.1) is 0 Å². The number of alkyl halides is 3. The van der Waals surface area contributed by atoms with E-state index in [4.69, 9.17) is 4.74 Å². The van der Waals surface area contributed by atoms with E-state index in [1.807, 2.05) is 18.2 Å². The van der Waals surface area contributed by atoms with Crippen molar-refractivity contribution in [2.45, 2.75) is 25.2 Å². The van der Waals surface area contributed by atoms with E-state index in [2.05, 4.69) is 10.6 Å². The first-order valence-electron chi connectivity index (χ1n) is 11.0. The zero-order valence-electron chi connectivity index (χ0n) is 19.8. The number of benzene rings is 3. The van der Waals surface area contributed by atoms with Crippen LogP contribution in [0.15, 0.2) is 82.4 Å². The van der Waals surface area contributed by atoms with Crippen molar-refractivity contribution in [3.8, 4) is 11.5 Å². The molecule has 0 aromatic heterocycles. The molecule has 2 atom stereocenters. The highest BCUT2D eigenvalue weighted by Crippen LogP contribution is 2.33. The van der Waals surface area contributed by atoms with Crippen LogP contribution in [0.3, 0.4) is 0 Å². The molecular weight excluding hydrogens is 509 g/mol. The van der Waals surface area contributed by atoms with Gasteiger partial charge in [-0.1, -0.05) is 36.4 Å². The number of rotatable bonds is 8. The minimum atomic E-state index is -4.45. The Labute approximate surface area is 216 Å². The Morgan fingerprint density at radius 3 is 2.14 bits per heavy atom. The lowest BCUT2D eigenvalue weighted by Crippen LogP contribution is -2.32. The van der Waals surface area contributed by atoms with Crippen LogP contribution in [-0.4, -0.2) is 12.2 Å². The molecule has 6 nitrogen and oxygen atoms in total. The zero-order valence-corrected chi connectivity index (χ0v) is 20.6. The Balaban J connectivity index is 0.00000380. The van der Waals surface area contributed by atoms with Gasteiger partial charge in [-0.25, -0.2) is 0 Å². The molecule has 10 heteroatoms. The Morgan fingerprint density at radius 1 is 0.865 bits per heavy atom. The predicted octanol–water partition coefficient (Wildman–Crippen LogP) is 5.62. The molecule has 0 spiro atoms. The maximum atomic E-state index is 13.3. The third kappa shape index (κ3) is 5.95. The second-order valence-electron chi connectivity index (χ2n) is 8.35. The smallest absolute Gasteiger partial charge is 0.416 e. The first-order valence-corrected chi connectivity index (χ1v) is 11.0. The molecule has 3 N–H and O–H groups in total. The fourth-order valence-corrected chi connectivity index (χ4v) is 3.95. The first-order chi connectivity index (χ1) is 17.1. The zero-order chi connectivity index (χ0) is 26.0. The predicted molar refractivity (Wildman–Crippen MR) is 138 cm³/mol. The van der Waals surface area contributed by atoms with Crippen molar-refractivity contribution in [1.29, 1.82) is 0 Å². The molecule has 0 heterocycles. The number of hydrogen-bond acceptors (Lipinski definition) is 6. The lowest BCUT2D eigenvalue weighted by Gasteiger charge is -2.26. The van der Waals surface area contributed by atoms with Gasteiger partial charge in [0.05, 0.1) is 18.7 Å². The van der Waals surface area contributed by atoms with Crippen LogP contribution in [0.5, 0.6) is 11.5 Å². The van der Waals surface area contributed by atoms with Gasteiger partial charge in [-0.05, 0) is 60.0 Å². The fraction of sp³-hybridized carbons (Fsp3) is 0.185. The third-order valence-electron chi connectivity index (χ3n) is 5.95. The molecule has 4 rings (SSSR count). The molecule has 194 valence electrons. The molecule has 0 fully saturated rings. The van der Waals surface area contributed by atoms with Crippen molar-refractivity contribution in [2.75, 3.05) is 12.4 Å². The summed E-state index contributed by atoms with van der Waals surface area (Å²) in [5.41, 5.74) is -0.168. The van der Waals surface area contributed by atoms with Gasteiger partial charge in [0.25, 0.3) is 10.9 Å². The van der Waals surface area contributed by atoms with Gasteiger partial charge in [0, 0.05) is 11.7 Å². The van der Waals surface area contributed by atoms with E-state index in [1.54, 1.807) is 50.4 Å². The standard InChI is InChI=1S/C27H23F3N2O4.ClH/c1-15(17-5-3-7-19(13-17)27(28,29)30)31-22(16-9-11-21(36-2)12-10-16)18-6-4-8-20(14-18)32-23-24(33)26(35)25(23)34;/h3-15,22,31-33H,1-2H3;1H. The summed E-state index contributed by atoms with van der Waals surface area (Å²) in [7, 11) is 1.55. The molecular formula is C27H24ClF3N2O4. The van der Waals surface area contributed by atoms with Gasteiger partial charge in [-0.3, -0.25) is 14.9 Å². The highest BCUT2D eigenvalue weighted by molar-refractivity contribution is 5.85. The van der Waals surface area contributed by atoms with Crippen LogP contribution in [-0.2, 0) is 6.18 Å². The second kappa shape index (κ2) is 11.1. The Hall–Kier alpha value is -3.82. The first kappa shape index (κ1) is 27.8. The van der Waals surface area contributed by atoms with Gasteiger partial charge in [-0.15, -0.1) is 12.4 Å². The number of anilines is 2. The molecule has 0 bridgehead atoms. The summed E-state index contributed by atoms with van der Waals surface area (Å²) < 4.78 is 45.0. The monoisotopic (exact) mass is 532 g/mol. The van der Waals surface area contributed by atoms with Gasteiger partial charge in [-0.2, -0.15) is 13.2 Å². The highest BCUT2D eigenvalue weighted by Gasteiger charge is 2.31. The van der Waals surface area contributed by atoms with Crippen molar-refractivity contribution in [3.63, 3.8) is 0 Å². The molecule has 0 amide bonds. The minimum Gasteiger partial charge on any atom is -0.502 e. The van der Waals surface area contributed by atoms with Gasteiger partial charge in [0.2, 0.25) is 0 Å². The average molecular weight is 533 g/mol. The maximum absolute atomic E-state index is 13.3. The molecule has 2 unspecified atom stereocenters. The van der Waals surface area contributed by atoms with Crippen molar-refractivity contribution in [2.24, 2.45) is 0 Å². The average Bonchev–Trinajstić information content (AvgIpc) is 2.89. The summed E-state index contributed by atoms with van der Waals surface area (Å²) in [5.74, 6) is 0.0304. The van der Waals surface area contributed by atoms with E-state index in [0.29, 0.717) is 17.0 Å². The van der Waals surface area contributed by atoms with E-state index in [9.17, 15) is 27.9 Å². The lowest BCUT2D eigenvalue weighted by atomic mass is 9.95. The van der Waals surface area contributed by atoms with E-state index < -0.39 is 40.4 Å². The normalized spacial score (nSPS) is 13.0. The fourth-order valence-electron chi connectivity index (χ4n) is 3.95. The minimum absolute atomic E-state index is 0. The molecule has 0 saturated heterocycles. The Morgan fingerprint density at radius 2 is 1.51 bits per heavy atom. The summed E-state index contributed by atoms with van der Waals surface area (Å²) in [4.78, 5) is 23.1. The van der Waals surface area contributed by atoms with Crippen molar-refractivity contribution < 1.29 is 23.0 Å². The van der Waals surface area contributed by atoms with E-state index in [1.165, 1.54) is 6.07 Å². The quantitative estimate of drug-likeness (QED) is 0.255. The lowest BCUT2D eigenvalue weighted by molar-refractivity contribution is -0.137. The van der Waals surface area contributed by atoms with Gasteiger partial charge < -0.3 is 15.2 Å². The largest absolute Gasteiger partial charge is 0.502 e. The third-order valence-corrected chi connectivity index (χ3v) is 5.95. The number of methoxy groups -OCH3 is 1. The SMILES string of the molecule is COc1ccc(C(NC(C)c2cccc(C(F)(F)F)c2)c2cccc(Nc3c(O)c(=O)c3=O)c2)cc1.Cl. The topological polar surface area (TPSA) is 87.7 Å². The van der Waals surface area contributed by atoms with Crippen molar-refractivity contribution in [3.05, 3.63) is 115 Å². The van der Waals surface area contributed by atoms with Crippen LogP contribution >= 0.6 is 12.4 Å². The molecule has 0 aliphatic heterocycles. The van der Waals surface area contributed by atoms with Crippen LogP contribution in [0.25, 0.3) is 0 Å². The number of aromatic hydroxyl groups is 1. The molecule has 0 aliphatic rings. The van der Waals surface area contributed by atoms with E-state index >= 15 is 0 Å². The summed E-state index contributed by atoms with van der Waals surface area (Å²) in [6, 6.07) is 18.4. The number of halogens is 4. The van der Waals surface area contributed by atoms with Gasteiger partial charge in [0.1, 0.15) is 11.4 Å². The molecule has 0 aliphatic carbocycles. The van der Waals surface area contributed by atoms with Gasteiger partial charge >= 0.3 is 6.18 Å². The van der Waals surface area contributed by atoms with Crippen LogP contribution < -0.4 is 26.2 Å². The van der Waals surface area contributed by atoms with Gasteiger partial charge in [0.15, 0.2) is 5.75 Å². The number of ether oxygens (including phenoxy) is 1. The van der Waals surface area contributed by atoms with Crippen molar-refractivity contribution >= 4 is 23.8 Å². The van der Waals surface area contributed by atoms with E-state index in [-0.39, 0.29) is 18.1 Å². The summed E-state index contributed by atoms with van der Waals surface area (Å²) in [6.45, 7) is 1.77. The van der Waals surface area contributed by atoms with E-state index in [0.717, 1.165) is 23.3 Å². The molecule has 37 heavy (non-hydrogen) atoms. The number of hydrogen-bond donors (Lipinski definition) is 3. The highest BCUT2D eigenvalue weighted by atomic mass is 35.5. The number of nitrogens with one attached hydrogen (secondary N) is 2. The Bertz CT molecular complexity index is 1450. The Kier molecular flexibility index (Phi) is 8.30. The summed E-state index contributed by atoms with van der Waals surface area (Å²) >= 11 is 0. The molecule has 0 saturated carbocycles. The second-order valence-corrected chi connectivity index (χ2v) is 8.35. The van der Waals surface area contributed by atoms with Crippen LogP contribution in [0.1, 0.15) is 41.3 Å². The molecule has 4 aromatic rings. The molecule has 0 radical (unpaired) electrons. The molecule has 4 aromatic carbocycles.